The van der Waals surface area contributed by atoms with Gasteiger partial charge < -0.3 is 14.7 Å². The van der Waals surface area contributed by atoms with Crippen molar-refractivity contribution in [1.82, 2.24) is 19.9 Å². The maximum absolute atomic E-state index is 10.9. The molecule has 34 heavy (non-hydrogen) atoms. The topological polar surface area (TPSA) is 103 Å². The first kappa shape index (κ1) is 23.7. The van der Waals surface area contributed by atoms with Gasteiger partial charge in [0.05, 0.1) is 6.04 Å². The van der Waals surface area contributed by atoms with Crippen LogP contribution in [-0.2, 0) is 11.2 Å². The van der Waals surface area contributed by atoms with Crippen LogP contribution in [0.25, 0.3) is 11.4 Å². The third-order valence-electron chi connectivity index (χ3n) is 6.30. The highest BCUT2D eigenvalue weighted by atomic mass is 16.5. The number of nitrogens with zero attached hydrogens (tertiary/aromatic N) is 4. The van der Waals surface area contributed by atoms with E-state index in [1.807, 2.05) is 48.5 Å². The maximum Gasteiger partial charge on any atom is 0.312 e. The van der Waals surface area contributed by atoms with Gasteiger partial charge in [-0.05, 0) is 37.1 Å². The van der Waals surface area contributed by atoms with Crippen molar-refractivity contribution in [1.29, 1.82) is 0 Å². The first-order valence-corrected chi connectivity index (χ1v) is 11.4. The second-order valence-corrected chi connectivity index (χ2v) is 8.84. The maximum atomic E-state index is 10.9. The van der Waals surface area contributed by atoms with Gasteiger partial charge in [0.25, 0.3) is 0 Å². The standard InChI is InChI=1S/C26H30N4O4/c1-4-12-29-15-18(3)30(16-17(29)2)25(21-6-5-7-22(31)13-21)19-8-10-20(11-9-19)26-27-23(34-28-26)14-24(32)33/h4-11,13,17-18,25,31H,1,12,14-16H2,2-3H3,(H,32,33)/t17-,18+,25-/m1/s1. The first-order chi connectivity index (χ1) is 16.4. The van der Waals surface area contributed by atoms with E-state index in [4.69, 9.17) is 9.63 Å². The van der Waals surface area contributed by atoms with Crippen LogP contribution in [0.15, 0.2) is 65.7 Å². The SMILES string of the molecule is C=CCN1C[C@H](C)N([C@H](c2ccc(-c3noc(CC(=O)O)n3)cc2)c2cccc(O)c2)C[C@H]1C. The molecule has 0 bridgehead atoms. The highest BCUT2D eigenvalue weighted by Crippen LogP contribution is 2.35. The van der Waals surface area contributed by atoms with Gasteiger partial charge in [0, 0.05) is 37.3 Å². The predicted octanol–water partition coefficient (Wildman–Crippen LogP) is 3.74. The zero-order chi connectivity index (χ0) is 24.2. The Morgan fingerprint density at radius 2 is 1.94 bits per heavy atom. The van der Waals surface area contributed by atoms with Gasteiger partial charge >= 0.3 is 5.97 Å². The number of hydrogen-bond donors (Lipinski definition) is 2. The van der Waals surface area contributed by atoms with Crippen LogP contribution in [0.1, 0.15) is 36.9 Å². The van der Waals surface area contributed by atoms with Crippen LogP contribution in [0.3, 0.4) is 0 Å². The Bertz CT molecular complexity index is 1140. The van der Waals surface area contributed by atoms with Gasteiger partial charge in [0.2, 0.25) is 11.7 Å². The van der Waals surface area contributed by atoms with Crippen LogP contribution >= 0.6 is 0 Å². The summed E-state index contributed by atoms with van der Waals surface area (Å²) in [6, 6.07) is 15.9. The fourth-order valence-corrected chi connectivity index (χ4v) is 4.66. The molecule has 1 saturated heterocycles. The molecule has 2 heterocycles. The molecule has 0 saturated carbocycles. The molecule has 8 nitrogen and oxygen atoms in total. The number of hydrogen-bond acceptors (Lipinski definition) is 7. The minimum atomic E-state index is -1.02. The Morgan fingerprint density at radius 3 is 2.62 bits per heavy atom. The molecule has 3 atom stereocenters. The quantitative estimate of drug-likeness (QED) is 0.488. The Morgan fingerprint density at radius 1 is 1.18 bits per heavy atom. The summed E-state index contributed by atoms with van der Waals surface area (Å²) in [5.74, 6) is -0.347. The van der Waals surface area contributed by atoms with Crippen molar-refractivity contribution in [3.63, 3.8) is 0 Å². The molecule has 1 aliphatic rings. The zero-order valence-electron chi connectivity index (χ0n) is 19.5. The van der Waals surface area contributed by atoms with Crippen molar-refractivity contribution < 1.29 is 19.5 Å². The van der Waals surface area contributed by atoms with Crippen LogP contribution in [-0.4, -0.2) is 67.8 Å². The van der Waals surface area contributed by atoms with Crippen molar-refractivity contribution in [3.8, 4) is 17.1 Å². The fraction of sp³-hybridized carbons (Fsp3) is 0.346. The molecule has 8 heteroatoms. The molecule has 178 valence electrons. The molecule has 0 spiro atoms. The summed E-state index contributed by atoms with van der Waals surface area (Å²) >= 11 is 0. The molecule has 0 unspecified atom stereocenters. The molecule has 0 radical (unpaired) electrons. The lowest BCUT2D eigenvalue weighted by atomic mass is 9.92. The Balaban J connectivity index is 1.65. The molecule has 4 rings (SSSR count). The normalized spacial score (nSPS) is 20.2. The number of aromatic nitrogens is 2. The third-order valence-corrected chi connectivity index (χ3v) is 6.30. The minimum absolute atomic E-state index is 0.0441. The number of carboxylic acids is 1. The van der Waals surface area contributed by atoms with Crippen molar-refractivity contribution in [3.05, 3.63) is 78.2 Å². The fourth-order valence-electron chi connectivity index (χ4n) is 4.66. The summed E-state index contributed by atoms with van der Waals surface area (Å²) < 4.78 is 5.05. The van der Waals surface area contributed by atoms with Gasteiger partial charge in [-0.15, -0.1) is 6.58 Å². The molecule has 2 aromatic carbocycles. The van der Waals surface area contributed by atoms with Crippen LogP contribution in [0.5, 0.6) is 5.75 Å². The largest absolute Gasteiger partial charge is 0.508 e. The average Bonchev–Trinajstić information content (AvgIpc) is 3.25. The number of phenolic OH excluding ortho intramolecular Hbond substituents is 1. The first-order valence-electron chi connectivity index (χ1n) is 11.4. The summed E-state index contributed by atoms with van der Waals surface area (Å²) in [7, 11) is 0. The molecular formula is C26H30N4O4. The number of carbonyl (C=O) groups is 1. The number of piperazine rings is 1. The molecule has 2 N–H and O–H groups in total. The van der Waals surface area contributed by atoms with Crippen molar-refractivity contribution in [2.45, 2.75) is 38.4 Å². The lowest BCUT2D eigenvalue weighted by molar-refractivity contribution is -0.136. The predicted molar refractivity (Wildman–Crippen MR) is 128 cm³/mol. The van der Waals surface area contributed by atoms with E-state index in [0.29, 0.717) is 17.9 Å². The summed E-state index contributed by atoms with van der Waals surface area (Å²) in [4.78, 5) is 20.0. The lowest BCUT2D eigenvalue weighted by Gasteiger charge is -2.47. The number of aliphatic carboxylic acids is 1. The summed E-state index contributed by atoms with van der Waals surface area (Å²) in [6.07, 6.45) is 1.64. The van der Waals surface area contributed by atoms with Crippen LogP contribution in [0.2, 0.25) is 0 Å². The average molecular weight is 463 g/mol. The van der Waals surface area contributed by atoms with E-state index in [1.165, 1.54) is 0 Å². The molecule has 1 fully saturated rings. The van der Waals surface area contributed by atoms with Gasteiger partial charge in [-0.2, -0.15) is 4.98 Å². The van der Waals surface area contributed by atoms with Crippen LogP contribution < -0.4 is 0 Å². The molecule has 1 aromatic heterocycles. The number of phenols is 1. The van der Waals surface area contributed by atoms with E-state index in [-0.39, 0.29) is 24.1 Å². The van der Waals surface area contributed by atoms with E-state index >= 15 is 0 Å². The van der Waals surface area contributed by atoms with E-state index in [1.54, 1.807) is 6.07 Å². The van der Waals surface area contributed by atoms with Gasteiger partial charge in [0.1, 0.15) is 12.2 Å². The Hall–Kier alpha value is -3.49. The summed E-state index contributed by atoms with van der Waals surface area (Å²) in [6.45, 7) is 11.0. The van der Waals surface area contributed by atoms with Gasteiger partial charge in [-0.3, -0.25) is 14.6 Å². The van der Waals surface area contributed by atoms with Gasteiger partial charge in [0.15, 0.2) is 0 Å². The Kier molecular flexibility index (Phi) is 7.09. The van der Waals surface area contributed by atoms with Crippen molar-refractivity contribution in [2.24, 2.45) is 0 Å². The molecule has 0 amide bonds. The second kappa shape index (κ2) is 10.2. The number of rotatable bonds is 8. The number of carboxylic acid groups (broad SMARTS) is 1. The van der Waals surface area contributed by atoms with E-state index in [9.17, 15) is 9.90 Å². The highest BCUT2D eigenvalue weighted by Gasteiger charge is 2.34. The van der Waals surface area contributed by atoms with E-state index in [2.05, 4.69) is 40.4 Å². The lowest BCUT2D eigenvalue weighted by Crippen LogP contribution is -2.57. The molecule has 0 aliphatic carbocycles. The smallest absolute Gasteiger partial charge is 0.312 e. The van der Waals surface area contributed by atoms with Crippen molar-refractivity contribution >= 4 is 5.97 Å². The molecule has 1 aliphatic heterocycles. The highest BCUT2D eigenvalue weighted by molar-refractivity contribution is 5.69. The van der Waals surface area contributed by atoms with Crippen LogP contribution in [0, 0.1) is 0 Å². The number of benzene rings is 2. The van der Waals surface area contributed by atoms with E-state index in [0.717, 1.165) is 36.3 Å². The minimum Gasteiger partial charge on any atom is -0.508 e. The van der Waals surface area contributed by atoms with Gasteiger partial charge in [-0.25, -0.2) is 0 Å². The third kappa shape index (κ3) is 5.18. The summed E-state index contributed by atoms with van der Waals surface area (Å²) in [5.41, 5.74) is 2.85. The zero-order valence-corrected chi connectivity index (χ0v) is 19.5. The summed E-state index contributed by atoms with van der Waals surface area (Å²) in [5, 5.41) is 23.0. The van der Waals surface area contributed by atoms with E-state index < -0.39 is 5.97 Å². The van der Waals surface area contributed by atoms with Crippen LogP contribution in [0.4, 0.5) is 0 Å². The Labute approximate surface area is 199 Å². The molecular weight excluding hydrogens is 432 g/mol. The molecule has 3 aromatic rings. The van der Waals surface area contributed by atoms with Crippen molar-refractivity contribution in [2.75, 3.05) is 19.6 Å². The van der Waals surface area contributed by atoms with Gasteiger partial charge in [-0.1, -0.05) is 47.6 Å². The number of aromatic hydroxyl groups is 1. The second-order valence-electron chi connectivity index (χ2n) is 8.84. The monoisotopic (exact) mass is 462 g/mol.